The Kier molecular flexibility index (Phi) is 15.5. The average molecular weight is 887 g/mol. The van der Waals surface area contributed by atoms with Gasteiger partial charge in [0.2, 0.25) is 23.6 Å². The quantitative estimate of drug-likeness (QED) is 0.136. The summed E-state index contributed by atoms with van der Waals surface area (Å²) >= 11 is 12.7. The molecule has 4 atom stereocenters. The van der Waals surface area contributed by atoms with Gasteiger partial charge in [-0.1, -0.05) is 53.6 Å². The van der Waals surface area contributed by atoms with E-state index in [1.165, 1.54) is 4.90 Å². The molecule has 0 saturated carbocycles. The number of nitrogens with one attached hydrogen (secondary N) is 2. The van der Waals surface area contributed by atoms with Crippen molar-refractivity contribution >= 4 is 46.8 Å². The Morgan fingerprint density at radius 2 is 1.71 bits per heavy atom. The van der Waals surface area contributed by atoms with Crippen molar-refractivity contribution in [3.8, 4) is 22.8 Å². The van der Waals surface area contributed by atoms with Crippen molar-refractivity contribution in [2.45, 2.75) is 83.1 Å². The smallest absolute Gasteiger partial charge is 0.245 e. The van der Waals surface area contributed by atoms with E-state index >= 15 is 0 Å². The summed E-state index contributed by atoms with van der Waals surface area (Å²) in [6, 6.07) is 17.5. The second-order valence-electron chi connectivity index (χ2n) is 16.7. The lowest BCUT2D eigenvalue weighted by Crippen LogP contribution is -2.63. The highest BCUT2D eigenvalue weighted by molar-refractivity contribution is 6.31. The fraction of sp³-hybridized carbons (Fsp3) is 0.426. The highest BCUT2D eigenvalue weighted by Gasteiger charge is 2.42. The van der Waals surface area contributed by atoms with Crippen LogP contribution in [-0.4, -0.2) is 104 Å². The van der Waals surface area contributed by atoms with Gasteiger partial charge in [-0.2, -0.15) is 0 Å². The first-order chi connectivity index (χ1) is 29.7. The van der Waals surface area contributed by atoms with E-state index in [-0.39, 0.29) is 25.4 Å². The van der Waals surface area contributed by atoms with E-state index in [1.807, 2.05) is 82.8 Å². The van der Waals surface area contributed by atoms with E-state index in [1.54, 1.807) is 42.2 Å². The number of halogens is 2. The van der Waals surface area contributed by atoms with Crippen LogP contribution in [0.5, 0.6) is 11.5 Å². The molecule has 4 aromatic rings. The van der Waals surface area contributed by atoms with Crippen LogP contribution in [0.2, 0.25) is 10.0 Å². The van der Waals surface area contributed by atoms with Crippen LogP contribution in [0.1, 0.15) is 62.9 Å². The van der Waals surface area contributed by atoms with E-state index in [2.05, 4.69) is 25.1 Å². The molecule has 2 aliphatic heterocycles. The zero-order valence-electron chi connectivity index (χ0n) is 36.1. The fourth-order valence-corrected chi connectivity index (χ4v) is 8.53. The van der Waals surface area contributed by atoms with Crippen LogP contribution in [0.3, 0.4) is 0 Å². The van der Waals surface area contributed by atoms with Gasteiger partial charge in [0.15, 0.2) is 0 Å². The third-order valence-electron chi connectivity index (χ3n) is 11.7. The number of hydrogen-bond donors (Lipinski definition) is 3. The minimum atomic E-state index is -1.33. The molecule has 6 rings (SSSR count). The lowest BCUT2D eigenvalue weighted by molar-refractivity contribution is -0.146. The summed E-state index contributed by atoms with van der Waals surface area (Å²) in [5, 5.41) is 17.4. The molecule has 15 heteroatoms. The first-order valence-corrected chi connectivity index (χ1v) is 21.8. The number of carbonyl (C=O) groups is 4. The van der Waals surface area contributed by atoms with E-state index in [0.717, 1.165) is 29.1 Å². The number of aliphatic hydroxyl groups is 1. The predicted octanol–water partition coefficient (Wildman–Crippen LogP) is 6.54. The lowest BCUT2D eigenvalue weighted by Gasteiger charge is -2.40. The van der Waals surface area contributed by atoms with Crippen LogP contribution in [-0.2, 0) is 45.7 Å². The Labute approximate surface area is 374 Å². The van der Waals surface area contributed by atoms with Crippen LogP contribution < -0.4 is 15.4 Å². The molecule has 330 valence electrons. The van der Waals surface area contributed by atoms with Gasteiger partial charge in [-0.25, -0.2) is 4.98 Å². The summed E-state index contributed by atoms with van der Waals surface area (Å²) in [6.45, 7) is 3.98. The number of aromatic nitrogens is 2. The van der Waals surface area contributed by atoms with E-state index in [9.17, 15) is 24.3 Å². The van der Waals surface area contributed by atoms with Gasteiger partial charge in [-0.3, -0.25) is 19.2 Å². The Hall–Kier alpha value is -5.21. The molecule has 3 heterocycles. The number of imidazole rings is 1. The van der Waals surface area contributed by atoms with E-state index < -0.39 is 47.9 Å². The number of rotatable bonds is 12. The Balaban J connectivity index is 1.31. The third-order valence-corrected chi connectivity index (χ3v) is 12.2. The van der Waals surface area contributed by atoms with E-state index in [0.29, 0.717) is 65.9 Å². The number of carbonyl (C=O) groups excluding carboxylic acids is 4. The molecule has 62 heavy (non-hydrogen) atoms. The van der Waals surface area contributed by atoms with Gasteiger partial charge in [0.1, 0.15) is 29.4 Å². The molecule has 2 bridgehead atoms. The van der Waals surface area contributed by atoms with Gasteiger partial charge in [-0.15, -0.1) is 0 Å². The number of hydrogen-bond acceptors (Lipinski definition) is 8. The Morgan fingerprint density at radius 1 is 0.984 bits per heavy atom. The van der Waals surface area contributed by atoms with Crippen LogP contribution in [0.15, 0.2) is 85.1 Å². The molecule has 2 fully saturated rings. The number of benzene rings is 3. The molecular formula is C47H57Cl2N7O6. The van der Waals surface area contributed by atoms with Crippen molar-refractivity contribution in [3.05, 3.63) is 112 Å². The molecule has 2 saturated heterocycles. The van der Waals surface area contributed by atoms with Crippen LogP contribution in [0.4, 0.5) is 0 Å². The molecule has 0 unspecified atom stereocenters. The Bertz CT molecular complexity index is 2250. The maximum Gasteiger partial charge on any atom is 0.245 e. The van der Waals surface area contributed by atoms with Crippen LogP contribution >= 0.6 is 23.2 Å². The molecule has 0 radical (unpaired) electrons. The zero-order valence-corrected chi connectivity index (χ0v) is 37.6. The highest BCUT2D eigenvalue weighted by atomic mass is 35.5. The van der Waals surface area contributed by atoms with Gasteiger partial charge in [0.05, 0.1) is 43.0 Å². The molecular weight excluding hydrogens is 829 g/mol. The monoisotopic (exact) mass is 885 g/mol. The second kappa shape index (κ2) is 20.8. The number of amides is 4. The largest absolute Gasteiger partial charge is 0.457 e. The highest BCUT2D eigenvalue weighted by Crippen LogP contribution is 2.33. The first-order valence-electron chi connectivity index (χ1n) is 21.1. The van der Waals surface area contributed by atoms with Gasteiger partial charge in [0, 0.05) is 47.7 Å². The van der Waals surface area contributed by atoms with Crippen LogP contribution in [0.25, 0.3) is 11.3 Å². The minimum Gasteiger partial charge on any atom is -0.457 e. The maximum atomic E-state index is 14.7. The minimum absolute atomic E-state index is 0.0872. The van der Waals surface area contributed by atoms with Crippen molar-refractivity contribution in [2.75, 3.05) is 33.8 Å². The van der Waals surface area contributed by atoms with E-state index in [4.69, 9.17) is 27.9 Å². The molecule has 0 spiro atoms. The lowest BCUT2D eigenvalue weighted by atomic mass is 9.85. The summed E-state index contributed by atoms with van der Waals surface area (Å²) in [4.78, 5) is 67.4. The Morgan fingerprint density at radius 3 is 2.40 bits per heavy atom. The number of fused-ring (bicyclic) bond motifs is 2. The number of aliphatic hydroxyl groups excluding tert-OH is 1. The molecule has 0 aliphatic carbocycles. The summed E-state index contributed by atoms with van der Waals surface area (Å²) in [6.07, 6.45) is 8.04. The standard InChI is InChI=1S/C47H57Cl2N7O6/c1-6-7-10-34-23-43(58)56(27-35-13-18-37(49)24-41(35)62-38-19-14-33(15-20-38)40-26-50-42(54(40)5)28-53(3)4)31(2)44(59)51-39(29-57)45(60)52-47(25-32-11-16-36(48)17-12-32)21-8-9-22-55(30-47)46(34)61/h6-7,11-20,24,26,31,34,39,57H,8-10,21-23,25,27-30H2,1-5H3,(H,51,59)(H,52,60)/b7-6+/t31-,34+,39-,47+/m0/s1. The first kappa shape index (κ1) is 46.3. The van der Waals surface area contributed by atoms with Crippen LogP contribution in [0, 0.1) is 5.92 Å². The van der Waals surface area contributed by atoms with Crippen molar-refractivity contribution in [1.29, 1.82) is 0 Å². The third kappa shape index (κ3) is 11.4. The zero-order chi connectivity index (χ0) is 44.6. The number of ether oxygens (including phenoxy) is 1. The topological polar surface area (TPSA) is 149 Å². The van der Waals surface area contributed by atoms with Gasteiger partial charge in [-0.05, 0) is 114 Å². The molecule has 13 nitrogen and oxygen atoms in total. The van der Waals surface area contributed by atoms with Gasteiger partial charge < -0.3 is 39.7 Å². The molecule has 4 amide bonds. The summed E-state index contributed by atoms with van der Waals surface area (Å²) < 4.78 is 8.47. The van der Waals surface area contributed by atoms with Crippen molar-refractivity contribution in [3.63, 3.8) is 0 Å². The predicted molar refractivity (Wildman–Crippen MR) is 241 cm³/mol. The maximum absolute atomic E-state index is 14.7. The van der Waals surface area contributed by atoms with Gasteiger partial charge >= 0.3 is 0 Å². The van der Waals surface area contributed by atoms with Crippen molar-refractivity contribution in [2.24, 2.45) is 13.0 Å². The van der Waals surface area contributed by atoms with Gasteiger partial charge in [0.25, 0.3) is 0 Å². The van der Waals surface area contributed by atoms with Crippen molar-refractivity contribution < 1.29 is 29.0 Å². The summed E-state index contributed by atoms with van der Waals surface area (Å²) in [7, 11) is 5.97. The molecule has 3 aromatic carbocycles. The number of allylic oxidation sites excluding steroid dienone is 2. The second-order valence-corrected chi connectivity index (χ2v) is 17.5. The molecule has 2 aliphatic rings. The SMILES string of the molecule is C/C=C/C[C@@H]1CC(=O)N(Cc2ccc(Cl)cc2Oc2ccc(-c3cnc(CN(C)C)n3C)cc2)[C@@H](C)C(=O)N[C@@H](CO)C(=O)N[C@@]2(Cc3ccc(Cl)cc3)CCCCN(C2)C1=O. The summed E-state index contributed by atoms with van der Waals surface area (Å²) in [5.74, 6) is -0.807. The fourth-order valence-electron chi connectivity index (χ4n) is 8.24. The average Bonchev–Trinajstić information content (AvgIpc) is 3.46. The normalized spacial score (nSPS) is 21.8. The number of nitrogens with zero attached hydrogens (tertiary/aromatic N) is 5. The summed E-state index contributed by atoms with van der Waals surface area (Å²) in [5.41, 5.74) is 2.43. The molecule has 1 aromatic heterocycles. The van der Waals surface area contributed by atoms with Crippen molar-refractivity contribution in [1.82, 2.24) is 34.9 Å². The molecule has 3 N–H and O–H groups in total.